The Morgan fingerprint density at radius 3 is 1.40 bits per heavy atom. The molecule has 134 valence electrons. The van der Waals surface area contributed by atoms with Crippen LogP contribution in [0.5, 0.6) is 0 Å². The van der Waals surface area contributed by atoms with E-state index in [0.717, 1.165) is 0 Å². The number of hydrogen-bond donors (Lipinski definition) is 0. The summed E-state index contributed by atoms with van der Waals surface area (Å²) >= 11 is 0. The predicted octanol–water partition coefficient (Wildman–Crippen LogP) is 6.48. The lowest BCUT2D eigenvalue weighted by Crippen LogP contribution is -2.54. The summed E-state index contributed by atoms with van der Waals surface area (Å²) in [5.74, 6) is 6.55. The third-order valence-corrected chi connectivity index (χ3v) is 12.2. The second-order valence-corrected chi connectivity index (χ2v) is 14.9. The maximum absolute atomic E-state index is 2.64. The topological polar surface area (TPSA) is 0 Å². The smallest absolute Gasteiger partial charge is 0.0596 e. The van der Waals surface area contributed by atoms with Crippen LogP contribution in [0, 0.1) is 71.3 Å². The Bertz CT molecular complexity index is 447. The van der Waals surface area contributed by atoms with Crippen LogP contribution in [0.4, 0.5) is 0 Å². The Morgan fingerprint density at radius 1 is 0.640 bits per heavy atom. The molecule has 0 bridgehead atoms. The molecule has 0 aromatic carbocycles. The Labute approximate surface area is 158 Å². The minimum Gasteiger partial charge on any atom is -0.0596 e. The largest absolute Gasteiger partial charge is 0.0686 e. The van der Waals surface area contributed by atoms with Gasteiger partial charge in [-0.05, 0) is 84.1 Å². The fourth-order valence-electron chi connectivity index (χ4n) is 5.25. The molecule has 25 heavy (non-hydrogen) atoms. The Balaban J connectivity index is 1.61. The van der Waals surface area contributed by atoms with Gasteiger partial charge in [0.1, 0.15) is 0 Å². The van der Waals surface area contributed by atoms with Gasteiger partial charge in [0.2, 0.25) is 0 Å². The average molecular weight is 351 g/mol. The Morgan fingerprint density at radius 2 is 1.04 bits per heavy atom. The highest BCUT2D eigenvalue weighted by Gasteiger charge is 2.62. The predicted molar refractivity (Wildman–Crippen MR) is 109 cm³/mol. The van der Waals surface area contributed by atoms with E-state index in [1.54, 1.807) is 23.7 Å². The quantitative estimate of drug-likeness (QED) is 0.438. The monoisotopic (exact) mass is 350 g/mol. The van der Waals surface area contributed by atoms with Crippen LogP contribution in [0.1, 0.15) is 67.2 Å². The summed E-state index contributed by atoms with van der Waals surface area (Å²) in [6, 6.07) is 2.96. The molecule has 4 fully saturated rings. The summed E-state index contributed by atoms with van der Waals surface area (Å²) in [4.78, 5) is 0. The number of hydrogen-bond acceptors (Lipinski definition) is 0. The van der Waals surface area contributed by atoms with Crippen molar-refractivity contribution in [2.24, 2.45) is 10.8 Å². The molecule has 0 N–H and O–H groups in total. The molecule has 2 aliphatic heterocycles. The van der Waals surface area contributed by atoms with Crippen molar-refractivity contribution < 1.29 is 0 Å². The molecule has 0 aromatic heterocycles. The summed E-state index contributed by atoms with van der Waals surface area (Å²) in [6.07, 6.45) is 15.8. The van der Waals surface area contributed by atoms with Gasteiger partial charge in [0.15, 0.2) is 0 Å². The first-order chi connectivity index (χ1) is 11.6. The van der Waals surface area contributed by atoms with Crippen molar-refractivity contribution in [1.82, 2.24) is 0 Å². The van der Waals surface area contributed by atoms with Gasteiger partial charge in [-0.15, -0.1) is 0 Å². The van der Waals surface area contributed by atoms with E-state index in [9.17, 15) is 0 Å². The van der Waals surface area contributed by atoms with E-state index >= 15 is 0 Å². The highest BCUT2D eigenvalue weighted by molar-refractivity contribution is 6.92. The van der Waals surface area contributed by atoms with Crippen molar-refractivity contribution in [3.63, 3.8) is 0 Å². The Kier molecular flexibility index (Phi) is 4.54. The normalized spacial score (nSPS) is 31.0. The third-order valence-electron chi connectivity index (χ3n) is 6.81. The molecule has 0 aromatic rings. The highest BCUT2D eigenvalue weighted by Crippen LogP contribution is 2.65. The zero-order valence-electron chi connectivity index (χ0n) is 17.1. The van der Waals surface area contributed by atoms with Gasteiger partial charge < -0.3 is 0 Å². The lowest BCUT2D eigenvalue weighted by atomic mass is 9.79. The molecule has 1 spiro atoms. The van der Waals surface area contributed by atoms with Crippen molar-refractivity contribution in [3.8, 4) is 0 Å². The molecule has 4 aliphatic rings. The molecule has 2 heterocycles. The molecule has 10 radical (unpaired) electrons. The van der Waals surface area contributed by atoms with Gasteiger partial charge in [-0.1, -0.05) is 66.5 Å². The van der Waals surface area contributed by atoms with Crippen LogP contribution >= 0.6 is 0 Å². The Hall–Kier alpha value is 0.217. The fraction of sp³-hybridized carbons (Fsp3) is 0.583. The van der Waals surface area contributed by atoms with Gasteiger partial charge in [-0.25, -0.2) is 0 Å². The maximum atomic E-state index is 2.64. The van der Waals surface area contributed by atoms with E-state index in [1.165, 1.54) is 37.8 Å². The summed E-state index contributed by atoms with van der Waals surface area (Å²) in [6.45, 7) is 14.2. The summed E-state index contributed by atoms with van der Waals surface area (Å²) < 4.78 is 0. The van der Waals surface area contributed by atoms with Crippen molar-refractivity contribution in [2.75, 3.05) is 0 Å². The average Bonchev–Trinajstić information content (AvgIpc) is 3.11. The van der Waals surface area contributed by atoms with Crippen LogP contribution in [0.25, 0.3) is 0 Å². The van der Waals surface area contributed by atoms with Crippen LogP contribution in [-0.4, -0.2) is 8.07 Å². The first-order valence-corrected chi connectivity index (χ1v) is 12.6. The molecule has 2 saturated heterocycles. The highest BCUT2D eigenvalue weighted by atomic mass is 28.3. The molecule has 0 atom stereocenters. The molecule has 1 heteroatoms. The van der Waals surface area contributed by atoms with E-state index in [1.807, 2.05) is 11.1 Å². The first-order valence-electron chi connectivity index (χ1n) is 10.2. The molecular weight excluding hydrogens is 316 g/mol. The number of rotatable bonds is 0. The van der Waals surface area contributed by atoms with Gasteiger partial charge in [0.25, 0.3) is 0 Å². The zero-order valence-corrected chi connectivity index (χ0v) is 18.1. The second-order valence-electron chi connectivity index (χ2n) is 10.7. The molecule has 2 aliphatic carbocycles. The SMILES string of the molecule is CC(C)(C)[C]1[CH][C]2CCC[Si]3(CCC[C]4[CH][C](C(C)(C)C)[CH][C]43)[C]2[CH]1. The van der Waals surface area contributed by atoms with Crippen LogP contribution in [0.3, 0.4) is 0 Å². The van der Waals surface area contributed by atoms with E-state index in [2.05, 4.69) is 67.2 Å². The van der Waals surface area contributed by atoms with Crippen molar-refractivity contribution in [1.29, 1.82) is 0 Å². The molecule has 0 amide bonds. The number of fused-ring (bicyclic) bond motifs is 4. The van der Waals surface area contributed by atoms with Gasteiger partial charge in [0.05, 0.1) is 8.07 Å². The summed E-state index contributed by atoms with van der Waals surface area (Å²) in [5.41, 5.74) is 4.17. The van der Waals surface area contributed by atoms with Crippen LogP contribution in [-0.2, 0) is 0 Å². The fourth-order valence-corrected chi connectivity index (χ4v) is 10.9. The molecule has 0 nitrogen and oxygen atoms in total. The van der Waals surface area contributed by atoms with Crippen LogP contribution in [0.2, 0.25) is 12.1 Å². The van der Waals surface area contributed by atoms with Crippen LogP contribution < -0.4 is 0 Å². The van der Waals surface area contributed by atoms with E-state index in [0.29, 0.717) is 0 Å². The maximum Gasteiger partial charge on any atom is 0.0686 e. The van der Waals surface area contributed by atoms with Crippen molar-refractivity contribution in [3.05, 3.63) is 60.4 Å². The van der Waals surface area contributed by atoms with Gasteiger partial charge >= 0.3 is 0 Å². The standard InChI is InChI=1S/C24H34Si/c1-23(2,3)19-13-17-9-7-11-25(21(17)15-19)12-8-10-18-14-20(16-22(18)25)24(4,5)6/h13-16H,7-12H2,1-6H3. The molecular formula is C24H34Si. The molecule has 4 rings (SSSR count). The van der Waals surface area contributed by atoms with Crippen molar-refractivity contribution >= 4 is 8.07 Å². The zero-order chi connectivity index (χ0) is 18.0. The van der Waals surface area contributed by atoms with E-state index < -0.39 is 8.07 Å². The minimum absolute atomic E-state index is 0.271. The van der Waals surface area contributed by atoms with Gasteiger partial charge in [-0.2, -0.15) is 0 Å². The first kappa shape index (κ1) is 18.6. The molecule has 2 saturated carbocycles. The third kappa shape index (κ3) is 3.09. The summed E-state index contributed by atoms with van der Waals surface area (Å²) in [5, 5.41) is 0. The lowest BCUT2D eigenvalue weighted by Gasteiger charge is -2.51. The molecule has 0 unspecified atom stereocenters. The van der Waals surface area contributed by atoms with Crippen molar-refractivity contribution in [2.45, 2.75) is 79.3 Å². The lowest BCUT2D eigenvalue weighted by molar-refractivity contribution is 0.461. The summed E-state index contributed by atoms with van der Waals surface area (Å²) in [7, 11) is -1.53. The van der Waals surface area contributed by atoms with E-state index in [4.69, 9.17) is 0 Å². The second kappa shape index (κ2) is 6.11. The van der Waals surface area contributed by atoms with Gasteiger partial charge in [-0.3, -0.25) is 0 Å². The van der Waals surface area contributed by atoms with E-state index in [-0.39, 0.29) is 10.8 Å². The van der Waals surface area contributed by atoms with Gasteiger partial charge in [0, 0.05) is 0 Å². The van der Waals surface area contributed by atoms with Crippen LogP contribution in [0.15, 0.2) is 0 Å². The minimum atomic E-state index is -1.53.